The number of nitrogens with zero attached hydrogens (tertiary/aromatic N) is 3. The lowest BCUT2D eigenvalue weighted by atomic mass is 10.0. The van der Waals surface area contributed by atoms with Gasteiger partial charge < -0.3 is 0 Å². The van der Waals surface area contributed by atoms with E-state index in [1.54, 1.807) is 0 Å². The Morgan fingerprint density at radius 3 is 2.15 bits per heavy atom. The molecule has 0 aliphatic heterocycles. The molecule has 0 aliphatic rings. The van der Waals surface area contributed by atoms with Crippen molar-refractivity contribution < 1.29 is 0 Å². The van der Waals surface area contributed by atoms with Crippen LogP contribution in [0.1, 0.15) is 33.8 Å². The van der Waals surface area contributed by atoms with Gasteiger partial charge in [-0.15, -0.1) is 0 Å². The molecule has 0 fully saturated rings. The molecule has 4 rings (SSSR count). The number of pyridine rings is 1. The Hall–Kier alpha value is -3.20. The molecule has 2 aromatic heterocycles. The van der Waals surface area contributed by atoms with Gasteiger partial charge in [-0.25, -0.2) is 9.67 Å². The molecule has 3 nitrogen and oxygen atoms in total. The van der Waals surface area contributed by atoms with E-state index in [2.05, 4.69) is 84.8 Å². The molecule has 0 saturated carbocycles. The van der Waals surface area contributed by atoms with Gasteiger partial charge in [0.2, 0.25) is 0 Å². The van der Waals surface area contributed by atoms with Gasteiger partial charge in [-0.05, 0) is 55.2 Å². The molecule has 0 atom stereocenters. The van der Waals surface area contributed by atoms with Crippen molar-refractivity contribution >= 4 is 0 Å². The molecule has 4 aromatic rings. The van der Waals surface area contributed by atoms with Gasteiger partial charge in [0.25, 0.3) is 0 Å². The maximum atomic E-state index is 4.83. The molecule has 3 heteroatoms. The number of aryl methyl sites for hydroxylation is 2. The van der Waals surface area contributed by atoms with Crippen LogP contribution in [0.15, 0.2) is 78.9 Å². The summed E-state index contributed by atoms with van der Waals surface area (Å²) in [6.45, 7) is 4.06. The summed E-state index contributed by atoms with van der Waals surface area (Å²) in [5, 5.41) is 4.54. The molecule has 0 N–H and O–H groups in total. The van der Waals surface area contributed by atoms with E-state index < -0.39 is 0 Å². The molecule has 0 spiro atoms. The number of hydrogen-bond acceptors (Lipinski definition) is 2. The van der Waals surface area contributed by atoms with Gasteiger partial charge in [-0.2, -0.15) is 5.10 Å². The minimum Gasteiger partial charge on any atom is -0.233 e. The highest BCUT2D eigenvalue weighted by Gasteiger charge is 2.07. The first-order valence-electron chi connectivity index (χ1n) is 9.29. The monoisotopic (exact) mass is 353 g/mol. The van der Waals surface area contributed by atoms with Crippen LogP contribution in [0.5, 0.6) is 0 Å². The van der Waals surface area contributed by atoms with Gasteiger partial charge in [0.15, 0.2) is 5.82 Å². The van der Waals surface area contributed by atoms with Crippen LogP contribution in [0, 0.1) is 13.8 Å². The zero-order valence-corrected chi connectivity index (χ0v) is 15.8. The third-order valence-electron chi connectivity index (χ3n) is 4.65. The average molecular weight is 353 g/mol. The third kappa shape index (κ3) is 4.14. The highest BCUT2D eigenvalue weighted by molar-refractivity contribution is 5.33. The summed E-state index contributed by atoms with van der Waals surface area (Å²) in [6.07, 6.45) is 1.77. The fourth-order valence-electron chi connectivity index (χ4n) is 3.43. The molecule has 2 aromatic carbocycles. The Balaban J connectivity index is 1.55. The fourth-order valence-corrected chi connectivity index (χ4v) is 3.43. The maximum absolute atomic E-state index is 4.83. The molecule has 2 heterocycles. The van der Waals surface area contributed by atoms with Crippen molar-refractivity contribution in [2.45, 2.75) is 26.7 Å². The minimum atomic E-state index is 0.815. The van der Waals surface area contributed by atoms with Gasteiger partial charge in [0.05, 0.1) is 5.69 Å². The van der Waals surface area contributed by atoms with Crippen molar-refractivity contribution in [3.63, 3.8) is 0 Å². The first-order chi connectivity index (χ1) is 13.2. The Labute approximate surface area is 160 Å². The van der Waals surface area contributed by atoms with Crippen LogP contribution in [0.25, 0.3) is 5.82 Å². The van der Waals surface area contributed by atoms with E-state index in [4.69, 9.17) is 4.98 Å². The van der Waals surface area contributed by atoms with E-state index in [9.17, 15) is 0 Å². The predicted octanol–water partition coefficient (Wildman–Crippen LogP) is 5.07. The van der Waals surface area contributed by atoms with Crippen molar-refractivity contribution in [1.29, 1.82) is 0 Å². The molecular formula is C24H23N3. The molecule has 0 radical (unpaired) electrons. The molecule has 0 bridgehead atoms. The van der Waals surface area contributed by atoms with Crippen LogP contribution in [0.4, 0.5) is 0 Å². The molecule has 0 amide bonds. The van der Waals surface area contributed by atoms with E-state index in [-0.39, 0.29) is 0 Å². The van der Waals surface area contributed by atoms with Crippen molar-refractivity contribution in [2.24, 2.45) is 0 Å². The highest BCUT2D eigenvalue weighted by Crippen LogP contribution is 2.16. The second kappa shape index (κ2) is 7.58. The summed E-state index contributed by atoms with van der Waals surface area (Å²) in [5.74, 6) is 0.874. The van der Waals surface area contributed by atoms with E-state index >= 15 is 0 Å². The molecule has 27 heavy (non-hydrogen) atoms. The van der Waals surface area contributed by atoms with Gasteiger partial charge in [0, 0.05) is 17.8 Å². The summed E-state index contributed by atoms with van der Waals surface area (Å²) in [6, 6.07) is 27.6. The molecule has 0 unspecified atom stereocenters. The molecule has 0 aliphatic carbocycles. The van der Waals surface area contributed by atoms with Crippen LogP contribution in [0.2, 0.25) is 0 Å². The summed E-state index contributed by atoms with van der Waals surface area (Å²) in [7, 11) is 0. The zero-order valence-electron chi connectivity index (χ0n) is 15.8. The molecular weight excluding hydrogens is 330 g/mol. The Bertz CT molecular complexity index is 1050. The summed E-state index contributed by atoms with van der Waals surface area (Å²) < 4.78 is 1.91. The topological polar surface area (TPSA) is 30.7 Å². The molecule has 0 saturated heterocycles. The largest absolute Gasteiger partial charge is 0.233 e. The quantitative estimate of drug-likeness (QED) is 0.502. The van der Waals surface area contributed by atoms with E-state index in [0.717, 1.165) is 35.7 Å². The Kier molecular flexibility index (Phi) is 4.84. The third-order valence-corrected chi connectivity index (χ3v) is 4.65. The van der Waals surface area contributed by atoms with E-state index in [1.165, 1.54) is 16.7 Å². The van der Waals surface area contributed by atoms with Crippen molar-refractivity contribution in [2.75, 3.05) is 0 Å². The number of hydrogen-bond donors (Lipinski definition) is 0. The Morgan fingerprint density at radius 2 is 1.41 bits per heavy atom. The minimum absolute atomic E-state index is 0.815. The average Bonchev–Trinajstić information content (AvgIpc) is 3.01. The van der Waals surface area contributed by atoms with Crippen molar-refractivity contribution in [3.05, 3.63) is 113 Å². The first-order valence-corrected chi connectivity index (χ1v) is 9.29. The lowest BCUT2D eigenvalue weighted by Gasteiger charge is -2.08. The lowest BCUT2D eigenvalue weighted by Crippen LogP contribution is -2.04. The standard InChI is InChI=1S/C24H23N3/c1-18-14-19(2)27(26-18)24-13-7-12-23(25-24)17-22-11-6-10-21(16-22)15-20-8-4-3-5-9-20/h3-14,16H,15,17H2,1-2H3. The number of rotatable bonds is 5. The van der Waals surface area contributed by atoms with Crippen LogP contribution >= 0.6 is 0 Å². The second-order valence-corrected chi connectivity index (χ2v) is 6.99. The summed E-state index contributed by atoms with van der Waals surface area (Å²) >= 11 is 0. The van der Waals surface area contributed by atoms with Crippen molar-refractivity contribution in [1.82, 2.24) is 14.8 Å². The van der Waals surface area contributed by atoms with Crippen LogP contribution in [-0.4, -0.2) is 14.8 Å². The van der Waals surface area contributed by atoms with E-state index in [0.29, 0.717) is 0 Å². The van der Waals surface area contributed by atoms with Crippen LogP contribution in [-0.2, 0) is 12.8 Å². The van der Waals surface area contributed by atoms with Crippen LogP contribution < -0.4 is 0 Å². The van der Waals surface area contributed by atoms with Gasteiger partial charge in [-0.1, -0.05) is 60.7 Å². The predicted molar refractivity (Wildman–Crippen MR) is 109 cm³/mol. The van der Waals surface area contributed by atoms with Crippen LogP contribution in [0.3, 0.4) is 0 Å². The normalized spacial score (nSPS) is 10.9. The lowest BCUT2D eigenvalue weighted by molar-refractivity contribution is 0.798. The van der Waals surface area contributed by atoms with Gasteiger partial charge in [-0.3, -0.25) is 0 Å². The maximum Gasteiger partial charge on any atom is 0.153 e. The van der Waals surface area contributed by atoms with Gasteiger partial charge in [0.1, 0.15) is 0 Å². The summed E-state index contributed by atoms with van der Waals surface area (Å²) in [5.41, 5.74) is 7.10. The smallest absolute Gasteiger partial charge is 0.153 e. The fraction of sp³-hybridized carbons (Fsp3) is 0.167. The molecule has 134 valence electrons. The second-order valence-electron chi connectivity index (χ2n) is 6.99. The number of benzene rings is 2. The zero-order chi connectivity index (χ0) is 18.6. The summed E-state index contributed by atoms with van der Waals surface area (Å²) in [4.78, 5) is 4.83. The van der Waals surface area contributed by atoms with Gasteiger partial charge >= 0.3 is 0 Å². The SMILES string of the molecule is Cc1cc(C)n(-c2cccc(Cc3cccc(Cc4ccccc4)c3)n2)n1. The first kappa shape index (κ1) is 17.2. The number of aromatic nitrogens is 3. The Morgan fingerprint density at radius 1 is 0.704 bits per heavy atom. The highest BCUT2D eigenvalue weighted by atomic mass is 15.3. The van der Waals surface area contributed by atoms with Crippen molar-refractivity contribution in [3.8, 4) is 5.82 Å². The van der Waals surface area contributed by atoms with E-state index in [1.807, 2.05) is 17.7 Å².